The predicted octanol–water partition coefficient (Wildman–Crippen LogP) is 0.148. The first-order valence-corrected chi connectivity index (χ1v) is 4.03. The molecule has 0 aromatic carbocycles. The van der Waals surface area contributed by atoms with Crippen molar-refractivity contribution in [2.75, 3.05) is 5.32 Å². The maximum atomic E-state index is 11.3. The van der Waals surface area contributed by atoms with Gasteiger partial charge in [0.2, 0.25) is 11.9 Å². The fraction of sp³-hybridized carbons (Fsp3) is 0.571. The van der Waals surface area contributed by atoms with Gasteiger partial charge in [0.25, 0.3) is 0 Å². The molecular formula is C7H14ClN5O. The van der Waals surface area contributed by atoms with Gasteiger partial charge in [0, 0.05) is 0 Å². The van der Waals surface area contributed by atoms with Crippen molar-refractivity contribution in [3.8, 4) is 0 Å². The molecule has 0 saturated heterocycles. The van der Waals surface area contributed by atoms with E-state index < -0.39 is 6.04 Å². The van der Waals surface area contributed by atoms with Crippen LogP contribution in [0, 0.1) is 5.92 Å². The van der Waals surface area contributed by atoms with Crippen LogP contribution in [0.2, 0.25) is 0 Å². The Labute approximate surface area is 88.1 Å². The summed E-state index contributed by atoms with van der Waals surface area (Å²) >= 11 is 0. The highest BCUT2D eigenvalue weighted by Crippen LogP contribution is 2.01. The van der Waals surface area contributed by atoms with Crippen LogP contribution in [0.15, 0.2) is 6.33 Å². The number of hydrogen-bond donors (Lipinski definition) is 3. The molecule has 1 amide bonds. The number of carbonyl (C=O) groups excluding carboxylic acids is 1. The molecule has 0 aliphatic carbocycles. The van der Waals surface area contributed by atoms with E-state index in [1.165, 1.54) is 6.33 Å². The zero-order valence-corrected chi connectivity index (χ0v) is 8.84. The zero-order valence-electron chi connectivity index (χ0n) is 8.02. The summed E-state index contributed by atoms with van der Waals surface area (Å²) in [5.41, 5.74) is 5.60. The van der Waals surface area contributed by atoms with Crippen LogP contribution in [-0.2, 0) is 4.79 Å². The molecule has 1 heterocycles. The molecule has 0 aliphatic rings. The van der Waals surface area contributed by atoms with E-state index in [0.717, 1.165) is 0 Å². The van der Waals surface area contributed by atoms with Crippen molar-refractivity contribution in [3.05, 3.63) is 6.33 Å². The average Bonchev–Trinajstić information content (AvgIpc) is 2.55. The molecular weight excluding hydrogens is 206 g/mol. The Morgan fingerprint density at radius 1 is 1.64 bits per heavy atom. The summed E-state index contributed by atoms with van der Waals surface area (Å²) in [5.74, 6) is 0.163. The maximum absolute atomic E-state index is 11.3. The molecule has 0 saturated carbocycles. The first-order valence-electron chi connectivity index (χ1n) is 4.03. The summed E-state index contributed by atoms with van der Waals surface area (Å²) in [6, 6.07) is -0.523. The van der Waals surface area contributed by atoms with Crippen LogP contribution in [0.3, 0.4) is 0 Å². The van der Waals surface area contributed by atoms with Crippen molar-refractivity contribution in [2.24, 2.45) is 11.7 Å². The SMILES string of the molecule is CC(C)[C@H](N)C(=O)Nc1ncn[nH]1.Cl. The van der Waals surface area contributed by atoms with E-state index >= 15 is 0 Å². The van der Waals surface area contributed by atoms with Crippen LogP contribution in [-0.4, -0.2) is 27.1 Å². The van der Waals surface area contributed by atoms with Gasteiger partial charge >= 0.3 is 0 Å². The number of nitrogens with one attached hydrogen (secondary N) is 2. The molecule has 0 spiro atoms. The molecule has 4 N–H and O–H groups in total. The van der Waals surface area contributed by atoms with Crippen molar-refractivity contribution in [2.45, 2.75) is 19.9 Å². The second-order valence-electron chi connectivity index (χ2n) is 3.09. The molecule has 1 aromatic rings. The normalized spacial score (nSPS) is 12.0. The van der Waals surface area contributed by atoms with Crippen LogP contribution < -0.4 is 11.1 Å². The van der Waals surface area contributed by atoms with Crippen LogP contribution in [0.4, 0.5) is 5.95 Å². The first kappa shape index (κ1) is 12.9. The number of hydrogen-bond acceptors (Lipinski definition) is 4. The summed E-state index contributed by atoms with van der Waals surface area (Å²) in [6.45, 7) is 3.76. The molecule has 80 valence electrons. The summed E-state index contributed by atoms with van der Waals surface area (Å²) in [6.07, 6.45) is 1.32. The fourth-order valence-electron chi connectivity index (χ4n) is 0.768. The van der Waals surface area contributed by atoms with E-state index in [0.29, 0.717) is 5.95 Å². The highest BCUT2D eigenvalue weighted by atomic mass is 35.5. The second-order valence-corrected chi connectivity index (χ2v) is 3.09. The Bertz CT molecular complexity index is 274. The third-order valence-electron chi connectivity index (χ3n) is 1.68. The van der Waals surface area contributed by atoms with Crippen molar-refractivity contribution in [1.82, 2.24) is 15.2 Å². The van der Waals surface area contributed by atoms with Gasteiger partial charge in [-0.2, -0.15) is 10.1 Å². The Morgan fingerprint density at radius 3 is 2.71 bits per heavy atom. The highest BCUT2D eigenvalue weighted by Gasteiger charge is 2.17. The second kappa shape index (κ2) is 5.56. The van der Waals surface area contributed by atoms with Gasteiger partial charge in [-0.25, -0.2) is 5.10 Å². The smallest absolute Gasteiger partial charge is 0.243 e. The number of aromatic amines is 1. The molecule has 0 aliphatic heterocycles. The van der Waals surface area contributed by atoms with Gasteiger partial charge < -0.3 is 5.73 Å². The van der Waals surface area contributed by atoms with Gasteiger partial charge in [-0.05, 0) is 5.92 Å². The lowest BCUT2D eigenvalue weighted by atomic mass is 10.1. The van der Waals surface area contributed by atoms with Gasteiger partial charge in [0.05, 0.1) is 6.04 Å². The number of aromatic nitrogens is 3. The lowest BCUT2D eigenvalue weighted by Gasteiger charge is -2.13. The summed E-state index contributed by atoms with van der Waals surface area (Å²) < 4.78 is 0. The minimum absolute atomic E-state index is 0. The number of halogens is 1. The summed E-state index contributed by atoms with van der Waals surface area (Å²) in [7, 11) is 0. The summed E-state index contributed by atoms with van der Waals surface area (Å²) in [4.78, 5) is 15.1. The van der Waals surface area contributed by atoms with Gasteiger partial charge in [0.1, 0.15) is 6.33 Å². The Hall–Kier alpha value is -1.14. The monoisotopic (exact) mass is 219 g/mol. The lowest BCUT2D eigenvalue weighted by molar-refractivity contribution is -0.118. The van der Waals surface area contributed by atoms with E-state index in [4.69, 9.17) is 5.73 Å². The van der Waals surface area contributed by atoms with Crippen LogP contribution >= 0.6 is 12.4 Å². The number of rotatable bonds is 3. The van der Waals surface area contributed by atoms with Crippen LogP contribution in [0.5, 0.6) is 0 Å². The number of nitrogens with zero attached hydrogens (tertiary/aromatic N) is 2. The maximum Gasteiger partial charge on any atom is 0.243 e. The van der Waals surface area contributed by atoms with E-state index in [1.54, 1.807) is 0 Å². The highest BCUT2D eigenvalue weighted by molar-refractivity contribution is 5.93. The third-order valence-corrected chi connectivity index (χ3v) is 1.68. The molecule has 0 unspecified atom stereocenters. The standard InChI is InChI=1S/C7H13N5O.ClH/c1-4(2)5(8)6(13)11-7-9-3-10-12-7;/h3-5H,8H2,1-2H3,(H2,9,10,11,12,13);1H/t5-;/m0./s1. The average molecular weight is 220 g/mol. The Balaban J connectivity index is 0.00000169. The molecule has 0 bridgehead atoms. The third kappa shape index (κ3) is 3.31. The predicted molar refractivity (Wildman–Crippen MR) is 55.1 cm³/mol. The number of nitrogens with two attached hydrogens (primary N) is 1. The lowest BCUT2D eigenvalue weighted by Crippen LogP contribution is -2.40. The van der Waals surface area contributed by atoms with Gasteiger partial charge in [0.15, 0.2) is 0 Å². The Morgan fingerprint density at radius 2 is 2.29 bits per heavy atom. The zero-order chi connectivity index (χ0) is 9.84. The minimum atomic E-state index is -0.523. The molecule has 0 radical (unpaired) electrons. The van der Waals surface area contributed by atoms with E-state index in [9.17, 15) is 4.79 Å². The van der Waals surface area contributed by atoms with Gasteiger partial charge in [-0.15, -0.1) is 12.4 Å². The number of amides is 1. The van der Waals surface area contributed by atoms with Gasteiger partial charge in [-0.3, -0.25) is 10.1 Å². The quantitative estimate of drug-likeness (QED) is 0.674. The molecule has 1 aromatic heterocycles. The van der Waals surface area contributed by atoms with Gasteiger partial charge in [-0.1, -0.05) is 13.8 Å². The van der Waals surface area contributed by atoms with Crippen LogP contribution in [0.1, 0.15) is 13.8 Å². The number of anilines is 1. The number of carbonyl (C=O) groups is 1. The molecule has 7 heteroatoms. The largest absolute Gasteiger partial charge is 0.320 e. The molecule has 14 heavy (non-hydrogen) atoms. The van der Waals surface area contributed by atoms with Crippen LogP contribution in [0.25, 0.3) is 0 Å². The van der Waals surface area contributed by atoms with E-state index in [1.807, 2.05) is 13.8 Å². The van der Waals surface area contributed by atoms with Crippen molar-refractivity contribution in [3.63, 3.8) is 0 Å². The van der Waals surface area contributed by atoms with E-state index in [-0.39, 0.29) is 24.2 Å². The minimum Gasteiger partial charge on any atom is -0.320 e. The topological polar surface area (TPSA) is 96.7 Å². The van der Waals surface area contributed by atoms with Crippen molar-refractivity contribution >= 4 is 24.3 Å². The summed E-state index contributed by atoms with van der Waals surface area (Å²) in [5, 5.41) is 8.61. The van der Waals surface area contributed by atoms with E-state index in [2.05, 4.69) is 20.5 Å². The fourth-order valence-corrected chi connectivity index (χ4v) is 0.768. The molecule has 1 atom stereocenters. The molecule has 0 fully saturated rings. The number of H-pyrrole nitrogens is 1. The van der Waals surface area contributed by atoms with Crippen molar-refractivity contribution < 1.29 is 4.79 Å². The molecule has 6 nitrogen and oxygen atoms in total. The molecule has 1 rings (SSSR count). The Kier molecular flexibility index (Phi) is 5.11. The first-order chi connectivity index (χ1) is 6.11. The van der Waals surface area contributed by atoms with Crippen molar-refractivity contribution in [1.29, 1.82) is 0 Å².